The van der Waals surface area contributed by atoms with Crippen molar-refractivity contribution < 1.29 is 13.9 Å². The number of esters is 1. The maximum Gasteiger partial charge on any atom is 0.314 e. The molecule has 0 aliphatic heterocycles. The van der Waals surface area contributed by atoms with Crippen LogP contribution in [-0.4, -0.2) is 15.9 Å². The first-order valence-electron chi connectivity index (χ1n) is 11.3. The molecule has 174 valence electrons. The van der Waals surface area contributed by atoms with Gasteiger partial charge in [-0.2, -0.15) is 0 Å². The van der Waals surface area contributed by atoms with Crippen LogP contribution in [0.3, 0.4) is 0 Å². The average molecular weight is 449 g/mol. The molecule has 0 fully saturated rings. The molecule has 0 radical (unpaired) electrons. The molecule has 3 aromatic rings. The number of halogens is 1. The highest BCUT2D eigenvalue weighted by Gasteiger charge is 2.35. The second-order valence-corrected chi connectivity index (χ2v) is 10.6. The lowest BCUT2D eigenvalue weighted by atomic mass is 9.77. The molecule has 2 aromatic carbocycles. The summed E-state index contributed by atoms with van der Waals surface area (Å²) in [5.41, 5.74) is 2.53. The Morgan fingerprint density at radius 2 is 1.58 bits per heavy atom. The van der Waals surface area contributed by atoms with Gasteiger partial charge in [0.05, 0.1) is 5.92 Å². The maximum absolute atomic E-state index is 14.4. The first-order valence-corrected chi connectivity index (χ1v) is 11.3. The van der Waals surface area contributed by atoms with E-state index in [2.05, 4.69) is 9.97 Å². The van der Waals surface area contributed by atoms with E-state index in [4.69, 9.17) is 4.74 Å². The van der Waals surface area contributed by atoms with Gasteiger partial charge in [0.2, 0.25) is 0 Å². The summed E-state index contributed by atoms with van der Waals surface area (Å²) < 4.78 is 20.1. The summed E-state index contributed by atoms with van der Waals surface area (Å²) in [7, 11) is 0. The fraction of sp³-hybridized carbons (Fsp3) is 0.393. The van der Waals surface area contributed by atoms with Crippen molar-refractivity contribution in [2.75, 3.05) is 0 Å². The first kappa shape index (κ1) is 24.6. The van der Waals surface area contributed by atoms with Crippen LogP contribution < -0.4 is 0 Å². The average Bonchev–Trinajstić information content (AvgIpc) is 2.74. The van der Waals surface area contributed by atoms with E-state index in [0.717, 1.165) is 22.5 Å². The molecule has 0 saturated heterocycles. The molecular weight excluding hydrogens is 415 g/mol. The van der Waals surface area contributed by atoms with Crippen LogP contribution in [0, 0.1) is 11.2 Å². The summed E-state index contributed by atoms with van der Waals surface area (Å²) in [6, 6.07) is 14.6. The van der Waals surface area contributed by atoms with Crippen molar-refractivity contribution >= 4 is 5.97 Å². The minimum Gasteiger partial charge on any atom is -0.460 e. The molecule has 33 heavy (non-hydrogen) atoms. The summed E-state index contributed by atoms with van der Waals surface area (Å²) >= 11 is 0. The normalized spacial score (nSPS) is 12.9. The molecule has 0 saturated carbocycles. The van der Waals surface area contributed by atoms with Gasteiger partial charge in [-0.15, -0.1) is 0 Å². The smallest absolute Gasteiger partial charge is 0.314 e. The van der Waals surface area contributed by atoms with Gasteiger partial charge in [0.1, 0.15) is 18.2 Å². The van der Waals surface area contributed by atoms with Crippen LogP contribution in [0.2, 0.25) is 0 Å². The molecule has 0 aliphatic rings. The molecule has 0 aliphatic carbocycles. The van der Waals surface area contributed by atoms with Gasteiger partial charge < -0.3 is 4.74 Å². The zero-order chi connectivity index (χ0) is 24.2. The maximum atomic E-state index is 14.4. The van der Waals surface area contributed by atoms with Crippen molar-refractivity contribution in [1.29, 1.82) is 0 Å². The van der Waals surface area contributed by atoms with Crippen molar-refractivity contribution in [2.45, 2.75) is 65.9 Å². The van der Waals surface area contributed by atoms with Crippen molar-refractivity contribution in [2.24, 2.45) is 5.41 Å². The van der Waals surface area contributed by atoms with E-state index >= 15 is 0 Å². The van der Waals surface area contributed by atoms with E-state index in [-0.39, 0.29) is 29.2 Å². The number of benzene rings is 2. The Morgan fingerprint density at radius 1 is 0.939 bits per heavy atom. The first-order chi connectivity index (χ1) is 15.4. The van der Waals surface area contributed by atoms with Crippen LogP contribution >= 0.6 is 0 Å². The van der Waals surface area contributed by atoms with E-state index in [0.29, 0.717) is 12.0 Å². The van der Waals surface area contributed by atoms with Crippen molar-refractivity contribution in [1.82, 2.24) is 9.97 Å². The zero-order valence-corrected chi connectivity index (χ0v) is 20.4. The van der Waals surface area contributed by atoms with Crippen LogP contribution in [0.25, 0.3) is 0 Å². The Kier molecular flexibility index (Phi) is 7.31. The summed E-state index contributed by atoms with van der Waals surface area (Å²) in [6.45, 7) is 12.2. The Bertz CT molecular complexity index is 1080. The number of hydrogen-bond acceptors (Lipinski definition) is 4. The largest absolute Gasteiger partial charge is 0.460 e. The monoisotopic (exact) mass is 448 g/mol. The van der Waals surface area contributed by atoms with Crippen molar-refractivity contribution in [3.8, 4) is 0 Å². The van der Waals surface area contributed by atoms with E-state index in [1.54, 1.807) is 24.5 Å². The SMILES string of the molecule is CC(C)(C)c1ncc(C(C(=O)OCc2ccc(F)c(Cc3ccccc3)c2)C(C)(C)C)cn1. The lowest BCUT2D eigenvalue weighted by Gasteiger charge is -2.29. The summed E-state index contributed by atoms with van der Waals surface area (Å²) in [4.78, 5) is 22.1. The summed E-state index contributed by atoms with van der Waals surface area (Å²) in [6.07, 6.45) is 3.93. The van der Waals surface area contributed by atoms with Gasteiger partial charge in [-0.3, -0.25) is 4.79 Å². The fourth-order valence-corrected chi connectivity index (χ4v) is 3.77. The van der Waals surface area contributed by atoms with Crippen LogP contribution in [0.4, 0.5) is 4.39 Å². The molecule has 0 bridgehead atoms. The third-order valence-corrected chi connectivity index (χ3v) is 5.51. The molecule has 1 atom stereocenters. The van der Waals surface area contributed by atoms with E-state index < -0.39 is 5.92 Å². The second kappa shape index (κ2) is 9.82. The lowest BCUT2D eigenvalue weighted by molar-refractivity contribution is -0.149. The van der Waals surface area contributed by atoms with Crippen LogP contribution in [0.1, 0.15) is 75.5 Å². The van der Waals surface area contributed by atoms with Gasteiger partial charge in [-0.1, -0.05) is 77.9 Å². The standard InChI is InChI=1S/C28H33FN2O2/c1-27(2,3)24(22-16-30-26(31-17-22)28(4,5)6)25(32)33-18-20-12-13-23(29)21(15-20)14-19-10-8-7-9-11-19/h7-13,15-17,24H,14,18H2,1-6H3. The summed E-state index contributed by atoms with van der Waals surface area (Å²) in [5, 5.41) is 0. The van der Waals surface area contributed by atoms with Gasteiger partial charge in [0.15, 0.2) is 0 Å². The molecule has 1 aromatic heterocycles. The minimum absolute atomic E-state index is 0.0778. The van der Waals surface area contributed by atoms with Crippen LogP contribution in [0.5, 0.6) is 0 Å². The van der Waals surface area contributed by atoms with E-state index in [1.165, 1.54) is 6.07 Å². The minimum atomic E-state index is -0.518. The van der Waals surface area contributed by atoms with Gasteiger partial charge in [0, 0.05) is 29.8 Å². The van der Waals surface area contributed by atoms with E-state index in [1.807, 2.05) is 71.9 Å². The molecule has 0 amide bonds. The molecule has 3 rings (SSSR count). The highest BCUT2D eigenvalue weighted by atomic mass is 19.1. The number of nitrogens with zero attached hydrogens (tertiary/aromatic N) is 2. The second-order valence-electron chi connectivity index (χ2n) is 10.6. The topological polar surface area (TPSA) is 52.1 Å². The van der Waals surface area contributed by atoms with Gasteiger partial charge in [-0.05, 0) is 34.2 Å². The lowest BCUT2D eigenvalue weighted by Crippen LogP contribution is -2.29. The number of rotatable bonds is 6. The fourth-order valence-electron chi connectivity index (χ4n) is 3.77. The Labute approximate surface area is 196 Å². The molecular formula is C28H33FN2O2. The number of ether oxygens (including phenoxy) is 1. The third-order valence-electron chi connectivity index (χ3n) is 5.51. The highest BCUT2D eigenvalue weighted by molar-refractivity contribution is 5.79. The van der Waals surface area contributed by atoms with Crippen molar-refractivity contribution in [3.05, 3.63) is 94.8 Å². The summed E-state index contributed by atoms with van der Waals surface area (Å²) in [5.74, 6) is -0.401. The van der Waals surface area contributed by atoms with Crippen LogP contribution in [-0.2, 0) is 28.0 Å². The molecule has 0 N–H and O–H groups in total. The quantitative estimate of drug-likeness (QED) is 0.411. The molecule has 1 heterocycles. The van der Waals surface area contributed by atoms with E-state index in [9.17, 15) is 9.18 Å². The van der Waals surface area contributed by atoms with Gasteiger partial charge >= 0.3 is 5.97 Å². The number of carbonyl (C=O) groups is 1. The number of carbonyl (C=O) groups excluding carboxylic acids is 1. The number of aromatic nitrogens is 2. The Balaban J connectivity index is 1.75. The Hall–Kier alpha value is -3.08. The van der Waals surface area contributed by atoms with Crippen LogP contribution in [0.15, 0.2) is 60.9 Å². The van der Waals surface area contributed by atoms with Gasteiger partial charge in [-0.25, -0.2) is 14.4 Å². The molecule has 5 heteroatoms. The predicted molar refractivity (Wildman–Crippen MR) is 128 cm³/mol. The highest BCUT2D eigenvalue weighted by Crippen LogP contribution is 2.36. The third kappa shape index (κ3) is 6.47. The molecule has 0 spiro atoms. The van der Waals surface area contributed by atoms with Gasteiger partial charge in [0.25, 0.3) is 0 Å². The molecule has 4 nitrogen and oxygen atoms in total. The predicted octanol–water partition coefficient (Wildman–Crippen LogP) is 6.38. The van der Waals surface area contributed by atoms with Crippen molar-refractivity contribution in [3.63, 3.8) is 0 Å². The molecule has 1 unspecified atom stereocenters. The Morgan fingerprint density at radius 3 is 2.15 bits per heavy atom. The number of hydrogen-bond donors (Lipinski definition) is 0. The zero-order valence-electron chi connectivity index (χ0n) is 20.4.